The van der Waals surface area contributed by atoms with Gasteiger partial charge in [0.15, 0.2) is 0 Å². The van der Waals surface area contributed by atoms with Gasteiger partial charge in [0, 0.05) is 10.6 Å². The molecule has 0 spiro atoms. The van der Waals surface area contributed by atoms with Gasteiger partial charge >= 0.3 is 0 Å². The van der Waals surface area contributed by atoms with E-state index in [0.717, 1.165) is 11.3 Å². The number of hydrogen-bond acceptors (Lipinski definition) is 3. The average molecular weight is 359 g/mol. The topological polar surface area (TPSA) is 59.8 Å². The third kappa shape index (κ3) is 4.03. The standard InChI is InChI=1S/C18H16ClFN4O/c1-12(13-5-7-14(8-6-13)24-11-21-10-22-24)23-18(25)9-15-16(19)3-2-4-17(15)20/h2-8,10-12H,9H2,1H3,(H,23,25)/t12-/m0/s1. The van der Waals surface area contributed by atoms with Crippen LogP contribution in [0.25, 0.3) is 5.69 Å². The summed E-state index contributed by atoms with van der Waals surface area (Å²) in [6, 6.07) is 11.7. The van der Waals surface area contributed by atoms with Gasteiger partial charge in [-0.1, -0.05) is 29.8 Å². The van der Waals surface area contributed by atoms with Crippen molar-refractivity contribution in [2.45, 2.75) is 19.4 Å². The van der Waals surface area contributed by atoms with Crippen LogP contribution in [-0.4, -0.2) is 20.7 Å². The molecule has 0 aliphatic heterocycles. The first-order valence-corrected chi connectivity index (χ1v) is 8.09. The van der Waals surface area contributed by atoms with Gasteiger partial charge in [-0.05, 0) is 36.8 Å². The van der Waals surface area contributed by atoms with E-state index in [2.05, 4.69) is 15.4 Å². The Kier molecular flexibility index (Phi) is 5.09. The minimum atomic E-state index is -0.479. The van der Waals surface area contributed by atoms with Crippen LogP contribution < -0.4 is 5.32 Å². The van der Waals surface area contributed by atoms with E-state index in [-0.39, 0.29) is 29.0 Å². The highest BCUT2D eigenvalue weighted by Gasteiger charge is 2.14. The summed E-state index contributed by atoms with van der Waals surface area (Å²) in [4.78, 5) is 16.1. The quantitative estimate of drug-likeness (QED) is 0.759. The Bertz CT molecular complexity index is 845. The van der Waals surface area contributed by atoms with Crippen LogP contribution in [0.15, 0.2) is 55.1 Å². The maximum Gasteiger partial charge on any atom is 0.225 e. The number of halogens is 2. The number of benzene rings is 2. The molecular weight excluding hydrogens is 343 g/mol. The number of aromatic nitrogens is 3. The molecule has 3 aromatic rings. The van der Waals surface area contributed by atoms with Crippen LogP contribution >= 0.6 is 11.6 Å². The molecule has 25 heavy (non-hydrogen) atoms. The van der Waals surface area contributed by atoms with Gasteiger partial charge in [-0.2, -0.15) is 5.10 Å². The third-order valence-electron chi connectivity index (χ3n) is 3.85. The van der Waals surface area contributed by atoms with Gasteiger partial charge in [0.1, 0.15) is 18.5 Å². The summed E-state index contributed by atoms with van der Waals surface area (Å²) in [6.07, 6.45) is 2.97. The number of nitrogens with zero attached hydrogens (tertiary/aromatic N) is 3. The minimum absolute atomic E-state index is 0.104. The van der Waals surface area contributed by atoms with Gasteiger partial charge < -0.3 is 5.32 Å². The number of amides is 1. The van der Waals surface area contributed by atoms with Crippen LogP contribution in [0.2, 0.25) is 5.02 Å². The van der Waals surface area contributed by atoms with E-state index in [9.17, 15) is 9.18 Å². The maximum atomic E-state index is 13.8. The summed E-state index contributed by atoms with van der Waals surface area (Å²) < 4.78 is 15.4. The minimum Gasteiger partial charge on any atom is -0.349 e. The molecule has 0 saturated carbocycles. The molecule has 7 heteroatoms. The van der Waals surface area contributed by atoms with E-state index in [1.54, 1.807) is 17.1 Å². The van der Waals surface area contributed by atoms with Crippen LogP contribution in [0, 0.1) is 5.82 Å². The lowest BCUT2D eigenvalue weighted by Gasteiger charge is -2.15. The molecule has 5 nitrogen and oxygen atoms in total. The zero-order chi connectivity index (χ0) is 17.8. The average Bonchev–Trinajstić information content (AvgIpc) is 3.13. The van der Waals surface area contributed by atoms with Gasteiger partial charge in [0.25, 0.3) is 0 Å². The molecule has 0 fully saturated rings. The lowest BCUT2D eigenvalue weighted by atomic mass is 10.1. The molecule has 0 saturated heterocycles. The van der Waals surface area contributed by atoms with Crippen LogP contribution in [0.5, 0.6) is 0 Å². The second-order valence-corrected chi connectivity index (χ2v) is 6.00. The normalized spacial score (nSPS) is 12.0. The summed E-state index contributed by atoms with van der Waals surface area (Å²) in [5, 5.41) is 7.16. The molecule has 0 radical (unpaired) electrons. The fourth-order valence-electron chi connectivity index (χ4n) is 2.49. The van der Waals surface area contributed by atoms with Crippen molar-refractivity contribution in [3.8, 4) is 5.69 Å². The lowest BCUT2D eigenvalue weighted by molar-refractivity contribution is -0.121. The SMILES string of the molecule is C[C@H](NC(=O)Cc1c(F)cccc1Cl)c1ccc(-n2cncn2)cc1. The highest BCUT2D eigenvalue weighted by Crippen LogP contribution is 2.20. The number of hydrogen-bond donors (Lipinski definition) is 1. The molecule has 0 bridgehead atoms. The second kappa shape index (κ2) is 7.44. The molecule has 3 rings (SSSR count). The molecule has 0 unspecified atom stereocenters. The van der Waals surface area contributed by atoms with Crippen LogP contribution in [0.1, 0.15) is 24.1 Å². The van der Waals surface area contributed by atoms with Crippen molar-refractivity contribution in [3.05, 3.63) is 77.1 Å². The van der Waals surface area contributed by atoms with E-state index in [1.807, 2.05) is 31.2 Å². The van der Waals surface area contributed by atoms with E-state index < -0.39 is 5.82 Å². The monoisotopic (exact) mass is 358 g/mol. The molecule has 1 N–H and O–H groups in total. The van der Waals surface area contributed by atoms with Crippen LogP contribution in [0.4, 0.5) is 4.39 Å². The largest absolute Gasteiger partial charge is 0.349 e. The van der Waals surface area contributed by atoms with Crippen molar-refractivity contribution in [2.24, 2.45) is 0 Å². The summed E-state index contributed by atoms with van der Waals surface area (Å²) in [6.45, 7) is 1.87. The molecule has 2 aromatic carbocycles. The first-order valence-electron chi connectivity index (χ1n) is 7.72. The first-order chi connectivity index (χ1) is 12.0. The van der Waals surface area contributed by atoms with Crippen molar-refractivity contribution in [1.82, 2.24) is 20.1 Å². The number of carbonyl (C=O) groups is 1. The highest BCUT2D eigenvalue weighted by molar-refractivity contribution is 6.31. The Morgan fingerprint density at radius 3 is 2.68 bits per heavy atom. The Labute approximate surface area is 149 Å². The van der Waals surface area contributed by atoms with Gasteiger partial charge in [-0.3, -0.25) is 4.79 Å². The fourth-order valence-corrected chi connectivity index (χ4v) is 2.72. The summed E-state index contributed by atoms with van der Waals surface area (Å²) in [7, 11) is 0. The highest BCUT2D eigenvalue weighted by atomic mass is 35.5. The zero-order valence-corrected chi connectivity index (χ0v) is 14.2. The summed E-state index contributed by atoms with van der Waals surface area (Å²) in [5.74, 6) is -0.771. The molecule has 128 valence electrons. The van der Waals surface area contributed by atoms with E-state index in [0.29, 0.717) is 0 Å². The molecule has 1 atom stereocenters. The van der Waals surface area contributed by atoms with Crippen molar-refractivity contribution >= 4 is 17.5 Å². The first kappa shape index (κ1) is 17.1. The van der Waals surface area contributed by atoms with Crippen LogP contribution in [-0.2, 0) is 11.2 Å². The van der Waals surface area contributed by atoms with Gasteiger partial charge in [0.05, 0.1) is 18.2 Å². The number of nitrogens with one attached hydrogen (secondary N) is 1. The van der Waals surface area contributed by atoms with E-state index in [1.165, 1.54) is 18.5 Å². The lowest BCUT2D eigenvalue weighted by Crippen LogP contribution is -2.28. The van der Waals surface area contributed by atoms with Gasteiger partial charge in [-0.25, -0.2) is 14.1 Å². The maximum absolute atomic E-state index is 13.8. The predicted octanol–water partition coefficient (Wildman–Crippen LogP) is 3.48. The Morgan fingerprint density at radius 2 is 2.04 bits per heavy atom. The smallest absolute Gasteiger partial charge is 0.225 e. The molecule has 1 heterocycles. The Morgan fingerprint density at radius 1 is 1.28 bits per heavy atom. The number of rotatable bonds is 5. The van der Waals surface area contributed by atoms with E-state index >= 15 is 0 Å². The predicted molar refractivity (Wildman–Crippen MR) is 93.0 cm³/mol. The molecular formula is C18H16ClFN4O. The second-order valence-electron chi connectivity index (χ2n) is 5.60. The number of carbonyl (C=O) groups excluding carboxylic acids is 1. The molecule has 0 aliphatic carbocycles. The molecule has 1 amide bonds. The fraction of sp³-hybridized carbons (Fsp3) is 0.167. The van der Waals surface area contributed by atoms with Crippen molar-refractivity contribution in [1.29, 1.82) is 0 Å². The van der Waals surface area contributed by atoms with Crippen molar-refractivity contribution < 1.29 is 9.18 Å². The van der Waals surface area contributed by atoms with Gasteiger partial charge in [-0.15, -0.1) is 0 Å². The van der Waals surface area contributed by atoms with Crippen molar-refractivity contribution in [3.63, 3.8) is 0 Å². The molecule has 1 aromatic heterocycles. The summed E-state index contributed by atoms with van der Waals surface area (Å²) >= 11 is 5.96. The van der Waals surface area contributed by atoms with E-state index in [4.69, 9.17) is 11.6 Å². The third-order valence-corrected chi connectivity index (χ3v) is 4.21. The van der Waals surface area contributed by atoms with Crippen molar-refractivity contribution in [2.75, 3.05) is 0 Å². The Hall–Kier alpha value is -2.73. The zero-order valence-electron chi connectivity index (χ0n) is 13.5. The Balaban J connectivity index is 1.65. The summed E-state index contributed by atoms with van der Waals surface area (Å²) in [5.41, 5.74) is 2.00. The molecule has 0 aliphatic rings. The van der Waals surface area contributed by atoms with Crippen LogP contribution in [0.3, 0.4) is 0 Å². The van der Waals surface area contributed by atoms with Gasteiger partial charge in [0.2, 0.25) is 5.91 Å².